The van der Waals surface area contributed by atoms with E-state index >= 15 is 0 Å². The lowest BCUT2D eigenvalue weighted by Crippen LogP contribution is -2.47. The minimum absolute atomic E-state index is 0.0594. The van der Waals surface area contributed by atoms with Gasteiger partial charge in [0, 0.05) is 25.0 Å². The largest absolute Gasteiger partial charge is 0.416 e. The molecule has 1 N–H and O–H groups in total. The van der Waals surface area contributed by atoms with Gasteiger partial charge in [-0.3, -0.25) is 4.79 Å². The van der Waals surface area contributed by atoms with E-state index in [0.717, 1.165) is 12.1 Å². The zero-order valence-electron chi connectivity index (χ0n) is 17.1. The summed E-state index contributed by atoms with van der Waals surface area (Å²) in [6.45, 7) is 6.05. The summed E-state index contributed by atoms with van der Waals surface area (Å²) in [7, 11) is -3.36. The highest BCUT2D eigenvalue weighted by molar-refractivity contribution is 7.89. The second kappa shape index (κ2) is 9.04. The highest BCUT2D eigenvalue weighted by atomic mass is 32.2. The van der Waals surface area contributed by atoms with Crippen molar-refractivity contribution in [3.8, 4) is 0 Å². The normalized spacial score (nSPS) is 19.2. The summed E-state index contributed by atoms with van der Waals surface area (Å²) in [5.74, 6) is -0.654. The lowest BCUT2D eigenvalue weighted by atomic mass is 9.83. The third-order valence-corrected chi connectivity index (χ3v) is 7.33. The number of carbonyl (C=O) groups excluding carboxylic acids is 1. The number of benzene rings is 1. The van der Waals surface area contributed by atoms with Gasteiger partial charge in [-0.2, -0.15) is 13.2 Å². The summed E-state index contributed by atoms with van der Waals surface area (Å²) in [5.41, 5.74) is -0.957. The summed E-state index contributed by atoms with van der Waals surface area (Å²) >= 11 is 0. The summed E-state index contributed by atoms with van der Waals surface area (Å²) in [4.78, 5) is 12.6. The molecule has 0 aliphatic carbocycles. The van der Waals surface area contributed by atoms with E-state index in [4.69, 9.17) is 0 Å². The van der Waals surface area contributed by atoms with E-state index < -0.39 is 33.1 Å². The number of carbonyl (C=O) groups is 1. The van der Waals surface area contributed by atoms with Crippen molar-refractivity contribution in [3.05, 3.63) is 35.4 Å². The zero-order chi connectivity index (χ0) is 21.9. The SMILES string of the molecule is CCCS(=O)(=O)N1CCCC(C(=O)NCC(C)(C)c2cccc(C(F)(F)F)c2)C1. The standard InChI is InChI=1S/C20H29F3N2O3S/c1-4-11-29(27,28)25-10-6-7-15(13-25)18(26)24-14-19(2,3)16-8-5-9-17(12-16)20(21,22)23/h5,8-9,12,15H,4,6-7,10-11,13-14H2,1-3H3,(H,24,26). The number of hydrogen-bond acceptors (Lipinski definition) is 3. The Bertz CT molecular complexity index is 823. The minimum Gasteiger partial charge on any atom is -0.355 e. The molecular weight excluding hydrogens is 405 g/mol. The van der Waals surface area contributed by atoms with Gasteiger partial charge in [0.05, 0.1) is 17.2 Å². The number of piperidine rings is 1. The van der Waals surface area contributed by atoms with Gasteiger partial charge in [0.2, 0.25) is 15.9 Å². The van der Waals surface area contributed by atoms with Crippen molar-refractivity contribution in [2.24, 2.45) is 5.92 Å². The van der Waals surface area contributed by atoms with Gasteiger partial charge in [0.15, 0.2) is 0 Å². The molecule has 1 fully saturated rings. The predicted molar refractivity (Wildman–Crippen MR) is 106 cm³/mol. The van der Waals surface area contributed by atoms with Crippen LogP contribution in [0, 0.1) is 5.92 Å². The second-order valence-electron chi connectivity index (χ2n) is 8.19. The molecule has 0 saturated carbocycles. The van der Waals surface area contributed by atoms with E-state index in [9.17, 15) is 26.4 Å². The molecule has 1 saturated heterocycles. The molecule has 1 aliphatic rings. The van der Waals surface area contributed by atoms with Gasteiger partial charge in [-0.15, -0.1) is 0 Å². The Hall–Kier alpha value is -1.61. The Labute approximate surface area is 170 Å². The predicted octanol–water partition coefficient (Wildman–Crippen LogP) is 3.55. The van der Waals surface area contributed by atoms with Crippen molar-refractivity contribution >= 4 is 15.9 Å². The molecular formula is C20H29F3N2O3S. The maximum atomic E-state index is 13.0. The van der Waals surface area contributed by atoms with Gasteiger partial charge in [-0.05, 0) is 30.9 Å². The molecule has 1 aromatic carbocycles. The van der Waals surface area contributed by atoms with E-state index in [0.29, 0.717) is 31.4 Å². The van der Waals surface area contributed by atoms with Gasteiger partial charge < -0.3 is 5.32 Å². The van der Waals surface area contributed by atoms with Crippen LogP contribution in [0.5, 0.6) is 0 Å². The molecule has 0 radical (unpaired) electrons. The van der Waals surface area contributed by atoms with Crippen molar-refractivity contribution in [3.63, 3.8) is 0 Å². The molecule has 29 heavy (non-hydrogen) atoms. The molecule has 1 unspecified atom stereocenters. The summed E-state index contributed by atoms with van der Waals surface area (Å²) in [6.07, 6.45) is -2.71. The molecule has 0 aromatic heterocycles. The smallest absolute Gasteiger partial charge is 0.355 e. The van der Waals surface area contributed by atoms with Gasteiger partial charge in [0.25, 0.3) is 0 Å². The van der Waals surface area contributed by atoms with Crippen LogP contribution < -0.4 is 5.32 Å². The van der Waals surface area contributed by atoms with Crippen LogP contribution in [0.3, 0.4) is 0 Å². The van der Waals surface area contributed by atoms with E-state index in [1.54, 1.807) is 26.8 Å². The fraction of sp³-hybridized carbons (Fsp3) is 0.650. The number of nitrogens with one attached hydrogen (secondary N) is 1. The Morgan fingerprint density at radius 1 is 1.24 bits per heavy atom. The van der Waals surface area contributed by atoms with E-state index in [1.165, 1.54) is 10.4 Å². The Balaban J connectivity index is 2.02. The van der Waals surface area contributed by atoms with E-state index in [1.807, 2.05) is 0 Å². The lowest BCUT2D eigenvalue weighted by Gasteiger charge is -2.32. The first-order valence-electron chi connectivity index (χ1n) is 9.80. The Morgan fingerprint density at radius 3 is 2.52 bits per heavy atom. The zero-order valence-corrected chi connectivity index (χ0v) is 17.9. The van der Waals surface area contributed by atoms with Gasteiger partial charge in [-0.1, -0.05) is 39.0 Å². The van der Waals surface area contributed by atoms with Crippen molar-refractivity contribution in [1.29, 1.82) is 0 Å². The van der Waals surface area contributed by atoms with Crippen molar-refractivity contribution in [2.45, 2.75) is 51.6 Å². The van der Waals surface area contributed by atoms with Crippen LogP contribution >= 0.6 is 0 Å². The molecule has 5 nitrogen and oxygen atoms in total. The first-order chi connectivity index (χ1) is 13.4. The van der Waals surface area contributed by atoms with E-state index in [-0.39, 0.29) is 24.7 Å². The molecule has 2 rings (SSSR count). The third kappa shape index (κ3) is 6.18. The first kappa shape index (κ1) is 23.7. The van der Waals surface area contributed by atoms with Crippen LogP contribution in [0.25, 0.3) is 0 Å². The molecule has 0 bridgehead atoms. The van der Waals surface area contributed by atoms with Crippen LogP contribution in [0.1, 0.15) is 51.2 Å². The quantitative estimate of drug-likeness (QED) is 0.714. The van der Waals surface area contributed by atoms with Crippen LogP contribution in [-0.4, -0.2) is 44.0 Å². The topological polar surface area (TPSA) is 66.5 Å². The first-order valence-corrected chi connectivity index (χ1v) is 11.4. The lowest BCUT2D eigenvalue weighted by molar-refractivity contribution is -0.137. The third-order valence-electron chi connectivity index (χ3n) is 5.29. The molecule has 0 spiro atoms. The van der Waals surface area contributed by atoms with Crippen LogP contribution in [0.15, 0.2) is 24.3 Å². The number of halogens is 3. The van der Waals surface area contributed by atoms with Crippen molar-refractivity contribution in [1.82, 2.24) is 9.62 Å². The Morgan fingerprint density at radius 2 is 1.90 bits per heavy atom. The summed E-state index contributed by atoms with van der Waals surface area (Å²) < 4.78 is 64.9. The van der Waals surface area contributed by atoms with E-state index in [2.05, 4.69) is 5.32 Å². The fourth-order valence-corrected chi connectivity index (χ4v) is 5.06. The average Bonchev–Trinajstić information content (AvgIpc) is 2.66. The molecule has 1 aromatic rings. The van der Waals surface area contributed by atoms with Crippen LogP contribution in [-0.2, 0) is 26.4 Å². The maximum Gasteiger partial charge on any atom is 0.416 e. The molecule has 9 heteroatoms. The number of alkyl halides is 3. The van der Waals surface area contributed by atoms with Crippen LogP contribution in [0.2, 0.25) is 0 Å². The highest BCUT2D eigenvalue weighted by Crippen LogP contribution is 2.32. The molecule has 1 aliphatic heterocycles. The van der Waals surface area contributed by atoms with Crippen molar-refractivity contribution in [2.75, 3.05) is 25.4 Å². The number of hydrogen-bond donors (Lipinski definition) is 1. The fourth-order valence-electron chi connectivity index (χ4n) is 3.47. The average molecular weight is 435 g/mol. The number of rotatable bonds is 7. The highest BCUT2D eigenvalue weighted by Gasteiger charge is 2.34. The second-order valence-corrected chi connectivity index (χ2v) is 10.3. The number of amides is 1. The van der Waals surface area contributed by atoms with Gasteiger partial charge in [-0.25, -0.2) is 12.7 Å². The van der Waals surface area contributed by atoms with Crippen LogP contribution in [0.4, 0.5) is 13.2 Å². The molecule has 1 heterocycles. The number of nitrogens with zero attached hydrogens (tertiary/aromatic N) is 1. The minimum atomic E-state index is -4.43. The van der Waals surface area contributed by atoms with Crippen molar-refractivity contribution < 1.29 is 26.4 Å². The summed E-state index contributed by atoms with van der Waals surface area (Å²) in [5, 5.41) is 2.81. The summed E-state index contributed by atoms with van der Waals surface area (Å²) in [6, 6.07) is 5.09. The molecule has 164 valence electrons. The molecule has 1 amide bonds. The Kier molecular flexibility index (Phi) is 7.37. The van der Waals surface area contributed by atoms with Gasteiger partial charge in [0.1, 0.15) is 0 Å². The van der Waals surface area contributed by atoms with Gasteiger partial charge >= 0.3 is 6.18 Å². The monoisotopic (exact) mass is 434 g/mol. The number of sulfonamides is 1. The molecule has 1 atom stereocenters. The maximum absolute atomic E-state index is 13.0.